The molecule has 1 saturated carbocycles. The summed E-state index contributed by atoms with van der Waals surface area (Å²) in [4.78, 5) is 11.6. The fourth-order valence-corrected chi connectivity index (χ4v) is 1.74. The van der Waals surface area contributed by atoms with Crippen LogP contribution in [0.2, 0.25) is 0 Å². The molecule has 1 unspecified atom stereocenters. The first-order valence-corrected chi connectivity index (χ1v) is 5.29. The molecule has 0 bridgehead atoms. The highest BCUT2D eigenvalue weighted by Gasteiger charge is 2.24. The Labute approximate surface area is 79.4 Å². The lowest BCUT2D eigenvalue weighted by Crippen LogP contribution is -2.32. The van der Waals surface area contributed by atoms with E-state index in [1.165, 1.54) is 12.8 Å². The number of hydrogen-bond donors (Lipinski definition) is 1. The van der Waals surface area contributed by atoms with Gasteiger partial charge >= 0.3 is 0 Å². The average Bonchev–Trinajstić information content (AvgIpc) is 2.99. The lowest BCUT2D eigenvalue weighted by molar-refractivity contribution is -0.125. The lowest BCUT2D eigenvalue weighted by atomic mass is 9.94. The van der Waals surface area contributed by atoms with Crippen molar-refractivity contribution < 1.29 is 4.79 Å². The van der Waals surface area contributed by atoms with E-state index in [0.717, 1.165) is 31.7 Å². The van der Waals surface area contributed by atoms with Crippen molar-refractivity contribution in [1.29, 1.82) is 0 Å². The van der Waals surface area contributed by atoms with Gasteiger partial charge in [0.1, 0.15) is 0 Å². The monoisotopic (exact) mass is 179 g/mol. The maximum Gasteiger partial charge on any atom is 0.223 e. The van der Waals surface area contributed by atoms with Crippen LogP contribution >= 0.6 is 0 Å². The van der Waals surface area contributed by atoms with E-state index in [2.05, 4.69) is 17.5 Å². The molecule has 0 heterocycles. The molecule has 2 aliphatic rings. The van der Waals surface area contributed by atoms with Crippen LogP contribution in [-0.4, -0.2) is 12.5 Å². The van der Waals surface area contributed by atoms with Gasteiger partial charge in [-0.25, -0.2) is 0 Å². The Balaban J connectivity index is 1.71. The third-order valence-corrected chi connectivity index (χ3v) is 2.90. The first-order valence-electron chi connectivity index (χ1n) is 5.29. The number of nitrogens with one attached hydrogen (secondary N) is 1. The van der Waals surface area contributed by atoms with Gasteiger partial charge in [0.2, 0.25) is 5.91 Å². The molecular formula is C11H17NO. The van der Waals surface area contributed by atoms with E-state index in [1.807, 2.05) is 0 Å². The quantitative estimate of drug-likeness (QED) is 0.658. The van der Waals surface area contributed by atoms with Crippen LogP contribution in [0.15, 0.2) is 12.2 Å². The van der Waals surface area contributed by atoms with Crippen LogP contribution in [0.1, 0.15) is 32.1 Å². The van der Waals surface area contributed by atoms with Gasteiger partial charge in [-0.05, 0) is 38.0 Å². The average molecular weight is 179 g/mol. The number of carbonyl (C=O) groups excluding carboxylic acids is 1. The van der Waals surface area contributed by atoms with Crippen LogP contribution in [0.4, 0.5) is 0 Å². The topological polar surface area (TPSA) is 29.1 Å². The summed E-state index contributed by atoms with van der Waals surface area (Å²) in [5.74, 6) is 1.32. The van der Waals surface area contributed by atoms with Crippen molar-refractivity contribution >= 4 is 5.91 Å². The second-order valence-corrected chi connectivity index (χ2v) is 4.17. The first kappa shape index (κ1) is 8.79. The summed E-state index contributed by atoms with van der Waals surface area (Å²) >= 11 is 0. The van der Waals surface area contributed by atoms with E-state index < -0.39 is 0 Å². The van der Waals surface area contributed by atoms with Crippen LogP contribution in [0.25, 0.3) is 0 Å². The summed E-state index contributed by atoms with van der Waals surface area (Å²) in [5, 5.41) is 3.04. The molecule has 2 nitrogen and oxygen atoms in total. The van der Waals surface area contributed by atoms with Crippen LogP contribution in [0, 0.1) is 11.8 Å². The van der Waals surface area contributed by atoms with E-state index in [0.29, 0.717) is 0 Å². The zero-order chi connectivity index (χ0) is 9.10. The summed E-state index contributed by atoms with van der Waals surface area (Å²) in [7, 11) is 0. The fraction of sp³-hybridized carbons (Fsp3) is 0.727. The number of carbonyl (C=O) groups is 1. The largest absolute Gasteiger partial charge is 0.356 e. The Morgan fingerprint density at radius 3 is 2.77 bits per heavy atom. The molecule has 2 rings (SSSR count). The third-order valence-electron chi connectivity index (χ3n) is 2.90. The molecule has 0 aromatic heterocycles. The lowest BCUT2D eigenvalue weighted by Gasteiger charge is -2.16. The number of rotatable bonds is 3. The molecular weight excluding hydrogens is 162 g/mol. The van der Waals surface area contributed by atoms with Crippen molar-refractivity contribution in [3.63, 3.8) is 0 Å². The minimum Gasteiger partial charge on any atom is -0.356 e. The van der Waals surface area contributed by atoms with Crippen molar-refractivity contribution in [1.82, 2.24) is 5.32 Å². The van der Waals surface area contributed by atoms with Gasteiger partial charge in [0.25, 0.3) is 0 Å². The molecule has 1 fully saturated rings. The smallest absolute Gasteiger partial charge is 0.223 e. The van der Waals surface area contributed by atoms with Crippen molar-refractivity contribution in [2.24, 2.45) is 11.8 Å². The van der Waals surface area contributed by atoms with E-state index in [4.69, 9.17) is 0 Å². The van der Waals surface area contributed by atoms with Gasteiger partial charge in [-0.15, -0.1) is 0 Å². The minimum absolute atomic E-state index is 0.253. The standard InChI is InChI=1S/C11H17NO/c13-11(12-8-9-6-7-9)10-4-2-1-3-5-10/h1-2,9-10H,3-8H2,(H,12,13). The summed E-state index contributed by atoms with van der Waals surface area (Å²) in [5.41, 5.74) is 0. The van der Waals surface area contributed by atoms with E-state index >= 15 is 0 Å². The molecule has 13 heavy (non-hydrogen) atoms. The van der Waals surface area contributed by atoms with Crippen LogP contribution in [0.3, 0.4) is 0 Å². The highest BCUT2D eigenvalue weighted by atomic mass is 16.1. The van der Waals surface area contributed by atoms with Gasteiger partial charge in [0.05, 0.1) is 0 Å². The predicted molar refractivity (Wildman–Crippen MR) is 52.2 cm³/mol. The van der Waals surface area contributed by atoms with Gasteiger partial charge in [-0.1, -0.05) is 12.2 Å². The molecule has 2 heteroatoms. The number of amides is 1. The third kappa shape index (κ3) is 2.58. The first-order chi connectivity index (χ1) is 6.36. The van der Waals surface area contributed by atoms with Crippen molar-refractivity contribution in [2.45, 2.75) is 32.1 Å². The highest BCUT2D eigenvalue weighted by molar-refractivity contribution is 5.78. The highest BCUT2D eigenvalue weighted by Crippen LogP contribution is 2.28. The normalized spacial score (nSPS) is 27.2. The van der Waals surface area contributed by atoms with Gasteiger partial charge < -0.3 is 5.32 Å². The van der Waals surface area contributed by atoms with Gasteiger partial charge in [0, 0.05) is 12.5 Å². The molecule has 1 amide bonds. The zero-order valence-corrected chi connectivity index (χ0v) is 7.96. The van der Waals surface area contributed by atoms with Crippen molar-refractivity contribution in [3.05, 3.63) is 12.2 Å². The van der Waals surface area contributed by atoms with E-state index in [1.54, 1.807) is 0 Å². The van der Waals surface area contributed by atoms with Crippen LogP contribution in [-0.2, 0) is 4.79 Å². The van der Waals surface area contributed by atoms with Gasteiger partial charge in [0.15, 0.2) is 0 Å². The second-order valence-electron chi connectivity index (χ2n) is 4.17. The number of allylic oxidation sites excluding steroid dienone is 2. The fourth-order valence-electron chi connectivity index (χ4n) is 1.74. The predicted octanol–water partition coefficient (Wildman–Crippen LogP) is 1.87. The Morgan fingerprint density at radius 1 is 1.31 bits per heavy atom. The molecule has 1 N–H and O–H groups in total. The molecule has 72 valence electrons. The van der Waals surface area contributed by atoms with Crippen LogP contribution < -0.4 is 5.32 Å². The summed E-state index contributed by atoms with van der Waals surface area (Å²) < 4.78 is 0. The molecule has 0 aliphatic heterocycles. The molecule has 2 aliphatic carbocycles. The van der Waals surface area contributed by atoms with E-state index in [9.17, 15) is 4.79 Å². The zero-order valence-electron chi connectivity index (χ0n) is 7.96. The Hall–Kier alpha value is -0.790. The SMILES string of the molecule is O=C(NCC1CC1)C1CC=CCC1. The van der Waals surface area contributed by atoms with Crippen molar-refractivity contribution in [2.75, 3.05) is 6.54 Å². The summed E-state index contributed by atoms with van der Waals surface area (Å²) in [6.45, 7) is 0.916. The molecule has 0 aromatic carbocycles. The molecule has 1 atom stereocenters. The van der Waals surface area contributed by atoms with Crippen molar-refractivity contribution in [3.8, 4) is 0 Å². The maximum absolute atomic E-state index is 11.6. The summed E-state index contributed by atoms with van der Waals surface area (Å²) in [6, 6.07) is 0. The molecule has 0 spiro atoms. The number of hydrogen-bond acceptors (Lipinski definition) is 1. The Kier molecular flexibility index (Phi) is 2.67. The van der Waals surface area contributed by atoms with Gasteiger partial charge in [-0.2, -0.15) is 0 Å². The summed E-state index contributed by atoms with van der Waals surface area (Å²) in [6.07, 6.45) is 9.97. The Bertz CT molecular complexity index is 218. The minimum atomic E-state index is 0.253. The van der Waals surface area contributed by atoms with Gasteiger partial charge in [-0.3, -0.25) is 4.79 Å². The van der Waals surface area contributed by atoms with Crippen LogP contribution in [0.5, 0.6) is 0 Å². The second kappa shape index (κ2) is 3.95. The maximum atomic E-state index is 11.6. The molecule has 0 radical (unpaired) electrons. The molecule has 0 aromatic rings. The Morgan fingerprint density at radius 2 is 2.15 bits per heavy atom. The molecule has 0 saturated heterocycles. The van der Waals surface area contributed by atoms with E-state index in [-0.39, 0.29) is 11.8 Å².